The minimum atomic E-state index is -1.54. The number of hydrogen-bond donors (Lipinski definition) is 2. The molecular weight excluding hydrogens is 204 g/mol. The molecule has 16 heavy (non-hydrogen) atoms. The summed E-state index contributed by atoms with van der Waals surface area (Å²) in [6.45, 7) is 1.94. The Labute approximate surface area is 106 Å². The van der Waals surface area contributed by atoms with E-state index in [0.717, 1.165) is 31.7 Å². The van der Waals surface area contributed by atoms with E-state index < -0.39 is 7.12 Å². The Balaban J connectivity index is 0.00000112. The van der Waals surface area contributed by atoms with Crippen molar-refractivity contribution < 1.29 is 34.4 Å². The van der Waals surface area contributed by atoms with Gasteiger partial charge < -0.3 is 20.4 Å². The summed E-state index contributed by atoms with van der Waals surface area (Å²) in [4.78, 5) is 10.1. The molecule has 0 saturated carbocycles. The van der Waals surface area contributed by atoms with Gasteiger partial charge in [0.2, 0.25) is 0 Å². The van der Waals surface area contributed by atoms with Gasteiger partial charge in [0.25, 0.3) is 0 Å². The molecule has 8 heteroatoms. The van der Waals surface area contributed by atoms with Crippen molar-refractivity contribution in [3.05, 3.63) is 12.4 Å². The SMILES string of the molecule is OB(O)c1cncc(N2CCCC2)n1.[Li+].[OH-]. The number of aromatic nitrogens is 2. The van der Waals surface area contributed by atoms with Gasteiger partial charge in [0.1, 0.15) is 5.82 Å². The maximum Gasteiger partial charge on any atom is 1.00 e. The molecule has 0 atom stereocenters. The molecule has 82 valence electrons. The first kappa shape index (κ1) is 15.4. The van der Waals surface area contributed by atoms with Gasteiger partial charge in [-0.2, -0.15) is 0 Å². The summed E-state index contributed by atoms with van der Waals surface area (Å²) in [6.07, 6.45) is 5.34. The Bertz CT molecular complexity index is 323. The van der Waals surface area contributed by atoms with Crippen LogP contribution in [0.1, 0.15) is 12.8 Å². The van der Waals surface area contributed by atoms with Gasteiger partial charge in [0.15, 0.2) is 0 Å². The monoisotopic (exact) mass is 217 g/mol. The minimum absolute atomic E-state index is 0. The van der Waals surface area contributed by atoms with Crippen LogP contribution in [0.5, 0.6) is 0 Å². The Hall–Kier alpha value is -0.578. The number of nitrogens with zero attached hydrogens (tertiary/aromatic N) is 3. The van der Waals surface area contributed by atoms with Crippen LogP contribution < -0.4 is 29.4 Å². The molecule has 1 saturated heterocycles. The summed E-state index contributed by atoms with van der Waals surface area (Å²) in [7, 11) is -1.54. The maximum absolute atomic E-state index is 8.93. The van der Waals surface area contributed by atoms with Crippen LogP contribution in [0.25, 0.3) is 0 Å². The van der Waals surface area contributed by atoms with E-state index in [1.807, 2.05) is 0 Å². The van der Waals surface area contributed by atoms with E-state index in [1.165, 1.54) is 6.20 Å². The molecule has 1 aliphatic heterocycles. The second kappa shape index (κ2) is 6.89. The van der Waals surface area contributed by atoms with Gasteiger partial charge >= 0.3 is 26.0 Å². The van der Waals surface area contributed by atoms with Crippen molar-refractivity contribution in [2.24, 2.45) is 0 Å². The van der Waals surface area contributed by atoms with Crippen LogP contribution in [0, 0.1) is 0 Å². The van der Waals surface area contributed by atoms with E-state index in [4.69, 9.17) is 10.0 Å². The summed E-state index contributed by atoms with van der Waals surface area (Å²) in [6, 6.07) is 0. The summed E-state index contributed by atoms with van der Waals surface area (Å²) in [5.41, 5.74) is 0.203. The third-order valence-electron chi connectivity index (χ3n) is 2.34. The molecule has 0 amide bonds. The molecule has 0 aromatic carbocycles. The molecule has 2 rings (SSSR count). The third kappa shape index (κ3) is 3.47. The fraction of sp³-hybridized carbons (Fsp3) is 0.500. The van der Waals surface area contributed by atoms with Gasteiger partial charge in [0.05, 0.1) is 11.8 Å². The standard InChI is InChI=1S/C8H12BN3O2.Li.H2O/c13-9(14)7-5-10-6-8(11-7)12-3-1-2-4-12;;/h5-6,13-14H,1-4H2;;1H2/q;+1;/p-1. The molecule has 1 fully saturated rings. The Morgan fingerprint density at radius 1 is 1.19 bits per heavy atom. The zero-order valence-electron chi connectivity index (χ0n) is 9.24. The molecule has 0 bridgehead atoms. The first-order valence-corrected chi connectivity index (χ1v) is 4.70. The molecule has 0 unspecified atom stereocenters. The van der Waals surface area contributed by atoms with Gasteiger partial charge in [-0.25, -0.2) is 4.98 Å². The Morgan fingerprint density at radius 3 is 2.38 bits per heavy atom. The number of hydrogen-bond acceptors (Lipinski definition) is 6. The van der Waals surface area contributed by atoms with Crippen molar-refractivity contribution in [2.45, 2.75) is 12.8 Å². The van der Waals surface area contributed by atoms with Crippen molar-refractivity contribution in [1.82, 2.24) is 9.97 Å². The van der Waals surface area contributed by atoms with Crippen LogP contribution >= 0.6 is 0 Å². The van der Waals surface area contributed by atoms with Crippen molar-refractivity contribution in [2.75, 3.05) is 18.0 Å². The summed E-state index contributed by atoms with van der Waals surface area (Å²) in [5.74, 6) is 0.730. The largest absolute Gasteiger partial charge is 1.00 e. The topological polar surface area (TPSA) is 99.5 Å². The number of anilines is 1. The van der Waals surface area contributed by atoms with Crippen molar-refractivity contribution in [3.8, 4) is 0 Å². The Kier molecular flexibility index (Phi) is 6.64. The maximum atomic E-state index is 8.93. The molecule has 1 aromatic rings. The van der Waals surface area contributed by atoms with Crippen molar-refractivity contribution in [1.29, 1.82) is 0 Å². The predicted molar refractivity (Wildman–Crippen MR) is 55.2 cm³/mol. The van der Waals surface area contributed by atoms with Gasteiger partial charge in [-0.15, -0.1) is 0 Å². The van der Waals surface area contributed by atoms with Crippen LogP contribution in [0.15, 0.2) is 12.4 Å². The fourth-order valence-electron chi connectivity index (χ4n) is 1.59. The van der Waals surface area contributed by atoms with E-state index in [1.54, 1.807) is 6.20 Å². The fourth-order valence-corrected chi connectivity index (χ4v) is 1.59. The van der Waals surface area contributed by atoms with Gasteiger partial charge in [-0.05, 0) is 12.8 Å². The molecule has 0 radical (unpaired) electrons. The molecule has 1 aliphatic rings. The van der Waals surface area contributed by atoms with Crippen LogP contribution in [0.4, 0.5) is 5.82 Å². The third-order valence-corrected chi connectivity index (χ3v) is 2.34. The van der Waals surface area contributed by atoms with Gasteiger partial charge in [0, 0.05) is 19.3 Å². The zero-order valence-corrected chi connectivity index (χ0v) is 9.24. The smallest absolute Gasteiger partial charge is 0.870 e. The average Bonchev–Trinajstić information content (AvgIpc) is 2.71. The molecule has 3 N–H and O–H groups in total. The van der Waals surface area contributed by atoms with Crippen LogP contribution in [-0.2, 0) is 0 Å². The second-order valence-corrected chi connectivity index (χ2v) is 3.37. The number of rotatable bonds is 2. The summed E-state index contributed by atoms with van der Waals surface area (Å²) in [5, 5.41) is 17.9. The van der Waals surface area contributed by atoms with E-state index in [-0.39, 0.29) is 29.9 Å². The molecule has 1 aromatic heterocycles. The van der Waals surface area contributed by atoms with E-state index >= 15 is 0 Å². The minimum Gasteiger partial charge on any atom is -0.870 e. The van der Waals surface area contributed by atoms with Gasteiger partial charge in [-0.3, -0.25) is 4.98 Å². The van der Waals surface area contributed by atoms with Crippen molar-refractivity contribution >= 4 is 18.5 Å². The normalized spacial score (nSPS) is 14.0. The van der Waals surface area contributed by atoms with Crippen LogP contribution in [0.3, 0.4) is 0 Å². The quantitative estimate of drug-likeness (QED) is 0.485. The molecule has 6 nitrogen and oxygen atoms in total. The Morgan fingerprint density at radius 2 is 1.81 bits per heavy atom. The first-order chi connectivity index (χ1) is 6.77. The molecular formula is C8H13BLiN3O3. The summed E-state index contributed by atoms with van der Waals surface area (Å²) >= 11 is 0. The molecule has 0 aliphatic carbocycles. The van der Waals surface area contributed by atoms with Crippen LogP contribution in [-0.4, -0.2) is 45.7 Å². The second-order valence-electron chi connectivity index (χ2n) is 3.37. The van der Waals surface area contributed by atoms with E-state index in [2.05, 4.69) is 14.9 Å². The van der Waals surface area contributed by atoms with Crippen molar-refractivity contribution in [3.63, 3.8) is 0 Å². The predicted octanol–water partition coefficient (Wildman–Crippen LogP) is -4.42. The molecule has 2 heterocycles. The van der Waals surface area contributed by atoms with E-state index in [9.17, 15) is 0 Å². The van der Waals surface area contributed by atoms with Crippen LogP contribution in [0.2, 0.25) is 0 Å². The summed E-state index contributed by atoms with van der Waals surface area (Å²) < 4.78 is 0. The average molecular weight is 217 g/mol. The van der Waals surface area contributed by atoms with Gasteiger partial charge in [-0.1, -0.05) is 0 Å². The molecule has 0 spiro atoms. The first-order valence-electron chi connectivity index (χ1n) is 4.70. The zero-order chi connectivity index (χ0) is 9.97. The van der Waals surface area contributed by atoms with E-state index in [0.29, 0.717) is 0 Å².